The molecule has 1 aliphatic rings. The molecule has 0 bridgehead atoms. The van der Waals surface area contributed by atoms with E-state index in [1.54, 1.807) is 0 Å². The van der Waals surface area contributed by atoms with Crippen LogP contribution in [0.5, 0.6) is 5.75 Å². The normalized spacial score (nSPS) is 15.5. The molecule has 2 heterocycles. The van der Waals surface area contributed by atoms with Crippen LogP contribution in [0.2, 0.25) is 0 Å². The predicted octanol–water partition coefficient (Wildman–Crippen LogP) is 4.29. The Hall–Kier alpha value is -3.07. The topological polar surface area (TPSA) is 78.6 Å². The van der Waals surface area contributed by atoms with E-state index in [1.165, 1.54) is 16.6 Å². The Balaban J connectivity index is 0.000000339. The first-order chi connectivity index (χ1) is 14.6. The summed E-state index contributed by atoms with van der Waals surface area (Å²) in [4.78, 5) is 11.4. The van der Waals surface area contributed by atoms with Crippen molar-refractivity contribution in [3.8, 4) is 5.75 Å². The zero-order valence-electron chi connectivity index (χ0n) is 17.0. The van der Waals surface area contributed by atoms with Gasteiger partial charge in [0.05, 0.1) is 5.69 Å². The number of carboxylic acids is 1. The van der Waals surface area contributed by atoms with Gasteiger partial charge in [0.2, 0.25) is 0 Å². The van der Waals surface area contributed by atoms with E-state index in [-0.39, 0.29) is 0 Å². The van der Waals surface area contributed by atoms with Crippen molar-refractivity contribution in [3.63, 3.8) is 0 Å². The first-order valence-electron chi connectivity index (χ1n) is 9.86. The maximum atomic E-state index is 10.6. The first kappa shape index (κ1) is 22.6. The minimum Gasteiger partial charge on any atom is -0.508 e. The van der Waals surface area contributed by atoms with Gasteiger partial charge in [0, 0.05) is 25.7 Å². The molecule has 2 aromatic carbocycles. The Morgan fingerprint density at radius 1 is 1.16 bits per heavy atom. The molecule has 1 aliphatic heterocycles. The number of aryl methyl sites for hydroxylation is 1. The zero-order chi connectivity index (χ0) is 22.6. The fourth-order valence-electron chi connectivity index (χ4n) is 3.78. The number of benzene rings is 2. The van der Waals surface area contributed by atoms with Crippen LogP contribution in [-0.4, -0.2) is 50.1 Å². The molecule has 0 atom stereocenters. The number of aromatic hydroxyl groups is 1. The van der Waals surface area contributed by atoms with Crippen molar-refractivity contribution in [1.29, 1.82) is 0 Å². The summed E-state index contributed by atoms with van der Waals surface area (Å²) in [6.45, 7) is 3.04. The highest BCUT2D eigenvalue weighted by Gasteiger charge is 2.38. The summed E-state index contributed by atoms with van der Waals surface area (Å²) in [5.74, 6) is -1.83. The molecule has 3 aromatic rings. The van der Waals surface area contributed by atoms with Gasteiger partial charge in [-0.05, 0) is 60.5 Å². The molecule has 1 fully saturated rings. The Kier molecular flexibility index (Phi) is 6.84. The zero-order valence-corrected chi connectivity index (χ0v) is 17.0. The number of likely N-dealkylation sites (tertiary alicyclic amines) is 1. The maximum Gasteiger partial charge on any atom is 0.490 e. The number of piperidine rings is 1. The average molecular weight is 435 g/mol. The van der Waals surface area contributed by atoms with E-state index in [2.05, 4.69) is 34.3 Å². The van der Waals surface area contributed by atoms with Crippen LogP contribution in [0.25, 0.3) is 10.8 Å². The molecule has 0 amide bonds. The second-order valence-electron chi connectivity index (χ2n) is 7.59. The van der Waals surface area contributed by atoms with E-state index in [0.29, 0.717) is 11.7 Å². The van der Waals surface area contributed by atoms with E-state index in [4.69, 9.17) is 9.90 Å². The maximum absolute atomic E-state index is 10.6. The molecule has 4 rings (SSSR count). The van der Waals surface area contributed by atoms with Gasteiger partial charge in [-0.1, -0.05) is 24.3 Å². The van der Waals surface area contributed by atoms with Gasteiger partial charge in [0.25, 0.3) is 0 Å². The number of halogens is 3. The number of fused-ring (bicyclic) bond motifs is 1. The van der Waals surface area contributed by atoms with Crippen LogP contribution in [0, 0.1) is 0 Å². The van der Waals surface area contributed by atoms with Crippen molar-refractivity contribution < 1.29 is 28.2 Å². The third kappa shape index (κ3) is 5.97. The number of aromatic nitrogens is 2. The van der Waals surface area contributed by atoms with Crippen LogP contribution in [0.4, 0.5) is 13.2 Å². The monoisotopic (exact) mass is 435 g/mol. The second-order valence-corrected chi connectivity index (χ2v) is 7.59. The average Bonchev–Trinajstić information content (AvgIpc) is 3.14. The number of nitrogens with zero attached hydrogens (tertiary/aromatic N) is 3. The summed E-state index contributed by atoms with van der Waals surface area (Å²) in [5.41, 5.74) is 2.43. The Morgan fingerprint density at radius 3 is 2.39 bits per heavy atom. The number of carbonyl (C=O) groups is 1. The van der Waals surface area contributed by atoms with Gasteiger partial charge in [-0.3, -0.25) is 9.58 Å². The predicted molar refractivity (Wildman–Crippen MR) is 110 cm³/mol. The van der Waals surface area contributed by atoms with Gasteiger partial charge in [-0.25, -0.2) is 4.79 Å². The lowest BCUT2D eigenvalue weighted by molar-refractivity contribution is -0.192. The van der Waals surface area contributed by atoms with E-state index >= 15 is 0 Å². The lowest BCUT2D eigenvalue weighted by Crippen LogP contribution is -2.32. The molecule has 6 nitrogen and oxygen atoms in total. The molecule has 2 N–H and O–H groups in total. The Bertz CT molecular complexity index is 1040. The summed E-state index contributed by atoms with van der Waals surface area (Å²) in [7, 11) is 1.98. The molecule has 166 valence electrons. The smallest absolute Gasteiger partial charge is 0.490 e. The quantitative estimate of drug-likeness (QED) is 0.642. The molecule has 1 aromatic heterocycles. The lowest BCUT2D eigenvalue weighted by Gasteiger charge is -2.31. The fraction of sp³-hybridized carbons (Fsp3) is 0.364. The Morgan fingerprint density at radius 2 is 1.81 bits per heavy atom. The fourth-order valence-corrected chi connectivity index (χ4v) is 3.78. The number of hydrogen-bond acceptors (Lipinski definition) is 4. The van der Waals surface area contributed by atoms with Crippen LogP contribution in [0.15, 0.2) is 48.7 Å². The SMILES string of the molecule is Cn1ccc(C2CCN(Cc3cc(O)cc4ccccc34)CC2)n1.O=C(O)C(F)(F)F. The van der Waals surface area contributed by atoms with Crippen LogP contribution < -0.4 is 0 Å². The highest BCUT2D eigenvalue weighted by atomic mass is 19.4. The minimum absolute atomic E-state index is 0.354. The van der Waals surface area contributed by atoms with E-state index in [9.17, 15) is 18.3 Å². The molecule has 1 saturated heterocycles. The number of carboxylic acid groups (broad SMARTS) is 1. The van der Waals surface area contributed by atoms with Crippen molar-refractivity contribution in [2.24, 2.45) is 7.05 Å². The second kappa shape index (κ2) is 9.38. The third-order valence-electron chi connectivity index (χ3n) is 5.31. The molecular weight excluding hydrogens is 411 g/mol. The number of aliphatic carboxylic acids is 1. The summed E-state index contributed by atoms with van der Waals surface area (Å²) in [5, 5.41) is 24.0. The molecule has 0 saturated carbocycles. The minimum atomic E-state index is -5.08. The number of phenolic OH excluding ortho intramolecular Hbond substituents is 1. The van der Waals surface area contributed by atoms with E-state index < -0.39 is 12.1 Å². The van der Waals surface area contributed by atoms with Gasteiger partial charge < -0.3 is 10.2 Å². The number of rotatable bonds is 3. The highest BCUT2D eigenvalue weighted by molar-refractivity contribution is 5.87. The molecule has 0 spiro atoms. The molecule has 31 heavy (non-hydrogen) atoms. The number of hydrogen-bond donors (Lipinski definition) is 2. The first-order valence-corrected chi connectivity index (χ1v) is 9.86. The van der Waals surface area contributed by atoms with E-state index in [1.807, 2.05) is 36.1 Å². The largest absolute Gasteiger partial charge is 0.508 e. The lowest BCUT2D eigenvalue weighted by atomic mass is 9.93. The molecule has 0 radical (unpaired) electrons. The summed E-state index contributed by atoms with van der Waals surface area (Å²) >= 11 is 0. The summed E-state index contributed by atoms with van der Waals surface area (Å²) in [6, 6.07) is 14.2. The van der Waals surface area contributed by atoms with Crippen LogP contribution >= 0.6 is 0 Å². The van der Waals surface area contributed by atoms with Crippen molar-refractivity contribution in [2.75, 3.05) is 13.1 Å². The van der Waals surface area contributed by atoms with Crippen molar-refractivity contribution in [3.05, 3.63) is 59.9 Å². The third-order valence-corrected chi connectivity index (χ3v) is 5.31. The molecule has 9 heteroatoms. The highest BCUT2D eigenvalue weighted by Crippen LogP contribution is 2.30. The van der Waals surface area contributed by atoms with Gasteiger partial charge >= 0.3 is 12.1 Å². The Labute approximate surface area is 177 Å². The van der Waals surface area contributed by atoms with Crippen molar-refractivity contribution >= 4 is 16.7 Å². The van der Waals surface area contributed by atoms with Gasteiger partial charge in [0.1, 0.15) is 5.75 Å². The van der Waals surface area contributed by atoms with Crippen LogP contribution in [0.3, 0.4) is 0 Å². The van der Waals surface area contributed by atoms with Crippen LogP contribution in [0.1, 0.15) is 30.0 Å². The standard InChI is InChI=1S/C20H23N3O.C2HF3O2/c1-22-9-8-20(21-22)15-6-10-23(11-7-15)14-17-13-18(24)12-16-4-2-3-5-19(16)17;3-2(4,5)1(6)7/h2-5,8-9,12-13,15,24H,6-7,10-11,14H2,1H3;(H,6,7). The number of alkyl halides is 3. The van der Waals surface area contributed by atoms with Gasteiger partial charge in [-0.15, -0.1) is 0 Å². The summed E-state index contributed by atoms with van der Waals surface area (Å²) in [6.07, 6.45) is -0.762. The van der Waals surface area contributed by atoms with Gasteiger partial charge in [0.15, 0.2) is 0 Å². The summed E-state index contributed by atoms with van der Waals surface area (Å²) < 4.78 is 33.6. The molecule has 0 unspecified atom stereocenters. The van der Waals surface area contributed by atoms with Crippen molar-refractivity contribution in [1.82, 2.24) is 14.7 Å². The van der Waals surface area contributed by atoms with Crippen LogP contribution in [-0.2, 0) is 18.4 Å². The van der Waals surface area contributed by atoms with Gasteiger partial charge in [-0.2, -0.15) is 18.3 Å². The number of phenols is 1. The van der Waals surface area contributed by atoms with Crippen molar-refractivity contribution in [2.45, 2.75) is 31.5 Å². The molecule has 0 aliphatic carbocycles. The molecular formula is C22H24F3N3O3. The van der Waals surface area contributed by atoms with E-state index in [0.717, 1.165) is 37.9 Å².